The molecule has 1 aliphatic heterocycles. The van der Waals surface area contributed by atoms with E-state index in [-0.39, 0.29) is 18.4 Å². The number of hydrogen-bond donors (Lipinski definition) is 1. The zero-order chi connectivity index (χ0) is 20.8. The summed E-state index contributed by atoms with van der Waals surface area (Å²) in [5.74, 6) is 1.32. The average molecular weight is 394 g/mol. The normalized spacial score (nSPS) is 12.9. The van der Waals surface area contributed by atoms with Crippen molar-refractivity contribution in [3.05, 3.63) is 60.7 Å². The molecule has 0 radical (unpaired) electrons. The standard InChI is InChI=1S/C22H22N2O5/c1-4-11-24-17-13-16(7-9-18(17)29-14-22(24)26)23-21(25)10-6-15-5-8-19(27-2)20(12-15)28-3/h4-10,12-13H,1,11,14H2,2-3H3,(H,23,25)/b10-6+. The minimum absolute atomic E-state index is 0.0133. The lowest BCUT2D eigenvalue weighted by Crippen LogP contribution is -2.38. The third-order valence-corrected chi connectivity index (χ3v) is 4.32. The molecule has 0 spiro atoms. The molecular formula is C22H22N2O5. The lowest BCUT2D eigenvalue weighted by Gasteiger charge is -2.28. The molecule has 7 nitrogen and oxygen atoms in total. The lowest BCUT2D eigenvalue weighted by molar-refractivity contribution is -0.121. The van der Waals surface area contributed by atoms with Crippen LogP contribution in [0.2, 0.25) is 0 Å². The van der Waals surface area contributed by atoms with E-state index in [1.54, 1.807) is 61.6 Å². The van der Waals surface area contributed by atoms with Crippen LogP contribution in [0.25, 0.3) is 6.08 Å². The highest BCUT2D eigenvalue weighted by Gasteiger charge is 2.24. The van der Waals surface area contributed by atoms with E-state index in [2.05, 4.69) is 11.9 Å². The van der Waals surface area contributed by atoms with Crippen molar-refractivity contribution in [3.8, 4) is 17.2 Å². The first-order valence-corrected chi connectivity index (χ1v) is 8.95. The Labute approximate surface area is 169 Å². The van der Waals surface area contributed by atoms with Crippen molar-refractivity contribution in [2.75, 3.05) is 37.6 Å². The second-order valence-corrected chi connectivity index (χ2v) is 6.20. The van der Waals surface area contributed by atoms with Gasteiger partial charge in [0.05, 0.1) is 19.9 Å². The number of nitrogens with zero attached hydrogens (tertiary/aromatic N) is 1. The number of hydrogen-bond acceptors (Lipinski definition) is 5. The Morgan fingerprint density at radius 1 is 1.21 bits per heavy atom. The Kier molecular flexibility index (Phi) is 6.19. The van der Waals surface area contributed by atoms with Gasteiger partial charge in [-0.15, -0.1) is 6.58 Å². The van der Waals surface area contributed by atoms with Crippen molar-refractivity contribution in [2.24, 2.45) is 0 Å². The molecule has 0 aliphatic carbocycles. The van der Waals surface area contributed by atoms with Crippen LogP contribution in [-0.2, 0) is 9.59 Å². The Bertz CT molecular complexity index is 968. The zero-order valence-corrected chi connectivity index (χ0v) is 16.3. The maximum Gasteiger partial charge on any atom is 0.265 e. The minimum atomic E-state index is -0.307. The van der Waals surface area contributed by atoms with Gasteiger partial charge in [0.2, 0.25) is 5.91 Å². The molecule has 3 rings (SSSR count). The van der Waals surface area contributed by atoms with E-state index in [9.17, 15) is 9.59 Å². The summed E-state index contributed by atoms with van der Waals surface area (Å²) in [6.45, 7) is 4.03. The minimum Gasteiger partial charge on any atom is -0.493 e. The van der Waals surface area contributed by atoms with Gasteiger partial charge in [-0.2, -0.15) is 0 Å². The molecule has 29 heavy (non-hydrogen) atoms. The summed E-state index contributed by atoms with van der Waals surface area (Å²) in [5, 5.41) is 2.79. The van der Waals surface area contributed by atoms with Crippen LogP contribution in [0.15, 0.2) is 55.1 Å². The topological polar surface area (TPSA) is 77.1 Å². The van der Waals surface area contributed by atoms with Crippen LogP contribution in [0, 0.1) is 0 Å². The molecule has 1 N–H and O–H groups in total. The van der Waals surface area contributed by atoms with Crippen molar-refractivity contribution in [1.82, 2.24) is 0 Å². The SMILES string of the molecule is C=CCN1C(=O)COc2ccc(NC(=O)/C=C/c3ccc(OC)c(OC)c3)cc21. The monoisotopic (exact) mass is 394 g/mol. The summed E-state index contributed by atoms with van der Waals surface area (Å²) in [6, 6.07) is 10.5. The Morgan fingerprint density at radius 3 is 2.72 bits per heavy atom. The van der Waals surface area contributed by atoms with Crippen molar-refractivity contribution in [3.63, 3.8) is 0 Å². The van der Waals surface area contributed by atoms with Crippen LogP contribution >= 0.6 is 0 Å². The van der Waals surface area contributed by atoms with E-state index < -0.39 is 0 Å². The fourth-order valence-corrected chi connectivity index (χ4v) is 2.92. The second-order valence-electron chi connectivity index (χ2n) is 6.20. The number of ether oxygens (including phenoxy) is 3. The smallest absolute Gasteiger partial charge is 0.265 e. The number of carbonyl (C=O) groups is 2. The van der Waals surface area contributed by atoms with Gasteiger partial charge in [0.15, 0.2) is 18.1 Å². The van der Waals surface area contributed by atoms with E-state index in [0.29, 0.717) is 35.2 Å². The molecule has 0 fully saturated rings. The van der Waals surface area contributed by atoms with Gasteiger partial charge in [0.1, 0.15) is 5.75 Å². The summed E-state index contributed by atoms with van der Waals surface area (Å²) >= 11 is 0. The number of carbonyl (C=O) groups excluding carboxylic acids is 2. The molecule has 2 aromatic carbocycles. The summed E-state index contributed by atoms with van der Waals surface area (Å²) < 4.78 is 15.9. The third kappa shape index (κ3) is 4.57. The van der Waals surface area contributed by atoms with Crippen LogP contribution < -0.4 is 24.4 Å². The average Bonchev–Trinajstić information content (AvgIpc) is 2.74. The van der Waals surface area contributed by atoms with Gasteiger partial charge in [-0.05, 0) is 42.0 Å². The van der Waals surface area contributed by atoms with Gasteiger partial charge >= 0.3 is 0 Å². The largest absolute Gasteiger partial charge is 0.493 e. The van der Waals surface area contributed by atoms with E-state index in [4.69, 9.17) is 14.2 Å². The van der Waals surface area contributed by atoms with Crippen LogP contribution in [0.5, 0.6) is 17.2 Å². The summed E-state index contributed by atoms with van der Waals surface area (Å²) in [4.78, 5) is 26.0. The molecule has 0 bridgehead atoms. The van der Waals surface area contributed by atoms with Gasteiger partial charge in [0.25, 0.3) is 5.91 Å². The third-order valence-electron chi connectivity index (χ3n) is 4.32. The highest BCUT2D eigenvalue weighted by molar-refractivity contribution is 6.03. The van der Waals surface area contributed by atoms with Crippen molar-refractivity contribution < 1.29 is 23.8 Å². The molecule has 1 aliphatic rings. The van der Waals surface area contributed by atoms with E-state index in [1.165, 1.54) is 6.08 Å². The van der Waals surface area contributed by atoms with Crippen molar-refractivity contribution in [2.45, 2.75) is 0 Å². The van der Waals surface area contributed by atoms with Gasteiger partial charge in [-0.3, -0.25) is 9.59 Å². The van der Waals surface area contributed by atoms with Gasteiger partial charge < -0.3 is 24.4 Å². The van der Waals surface area contributed by atoms with E-state index >= 15 is 0 Å². The molecular weight excluding hydrogens is 372 g/mol. The molecule has 2 amide bonds. The van der Waals surface area contributed by atoms with Crippen LogP contribution in [0.3, 0.4) is 0 Å². The number of anilines is 2. The molecule has 0 aromatic heterocycles. The second kappa shape index (κ2) is 8.97. The molecule has 150 valence electrons. The predicted molar refractivity (Wildman–Crippen MR) is 112 cm³/mol. The maximum atomic E-state index is 12.3. The Hall–Kier alpha value is -3.74. The zero-order valence-electron chi connectivity index (χ0n) is 16.3. The molecule has 0 saturated heterocycles. The molecule has 2 aromatic rings. The van der Waals surface area contributed by atoms with Gasteiger partial charge in [-0.1, -0.05) is 12.1 Å². The predicted octanol–water partition coefficient (Wildman–Crippen LogP) is 3.27. The summed E-state index contributed by atoms with van der Waals surface area (Å²) in [5.41, 5.74) is 1.94. The van der Waals surface area contributed by atoms with Crippen LogP contribution in [0.1, 0.15) is 5.56 Å². The van der Waals surface area contributed by atoms with Crippen LogP contribution in [0.4, 0.5) is 11.4 Å². The first-order valence-electron chi connectivity index (χ1n) is 8.95. The van der Waals surface area contributed by atoms with E-state index in [0.717, 1.165) is 5.56 Å². The number of nitrogens with one attached hydrogen (secondary N) is 1. The molecule has 0 unspecified atom stereocenters. The van der Waals surface area contributed by atoms with Crippen molar-refractivity contribution in [1.29, 1.82) is 0 Å². The highest BCUT2D eigenvalue weighted by atomic mass is 16.5. The number of benzene rings is 2. The number of fused-ring (bicyclic) bond motifs is 1. The molecule has 0 saturated carbocycles. The van der Waals surface area contributed by atoms with Crippen LogP contribution in [-0.4, -0.2) is 39.2 Å². The number of rotatable bonds is 7. The van der Waals surface area contributed by atoms with E-state index in [1.807, 2.05) is 6.07 Å². The first-order chi connectivity index (χ1) is 14.0. The van der Waals surface area contributed by atoms with Gasteiger partial charge in [0, 0.05) is 18.3 Å². The quantitative estimate of drug-likeness (QED) is 0.576. The lowest BCUT2D eigenvalue weighted by atomic mass is 10.2. The highest BCUT2D eigenvalue weighted by Crippen LogP contribution is 2.34. The Morgan fingerprint density at radius 2 is 2.00 bits per heavy atom. The molecule has 7 heteroatoms. The Balaban J connectivity index is 1.73. The molecule has 1 heterocycles. The fraction of sp³-hybridized carbons (Fsp3) is 0.182. The first kappa shape index (κ1) is 20.0. The number of amides is 2. The van der Waals surface area contributed by atoms with Gasteiger partial charge in [-0.25, -0.2) is 0 Å². The maximum absolute atomic E-state index is 12.3. The summed E-state index contributed by atoms with van der Waals surface area (Å²) in [7, 11) is 3.12. The number of methoxy groups -OCH3 is 2. The summed E-state index contributed by atoms with van der Waals surface area (Å²) in [6.07, 6.45) is 4.74. The fourth-order valence-electron chi connectivity index (χ4n) is 2.92. The van der Waals surface area contributed by atoms with Crippen molar-refractivity contribution >= 4 is 29.3 Å². The molecule has 0 atom stereocenters.